The summed E-state index contributed by atoms with van der Waals surface area (Å²) in [4.78, 5) is 26.3. The summed E-state index contributed by atoms with van der Waals surface area (Å²) in [7, 11) is 1.83. The van der Waals surface area contributed by atoms with E-state index in [-0.39, 0.29) is 43.2 Å². The van der Waals surface area contributed by atoms with E-state index in [0.717, 1.165) is 42.3 Å². The monoisotopic (exact) mass is 375 g/mol. The quantitative estimate of drug-likeness (QED) is 0.841. The summed E-state index contributed by atoms with van der Waals surface area (Å²) in [5.41, 5.74) is 0.981. The van der Waals surface area contributed by atoms with E-state index in [1.54, 1.807) is 4.90 Å². The number of benzene rings is 2. The number of nitrogens with zero attached hydrogens (tertiary/aromatic N) is 1. The third-order valence-electron chi connectivity index (χ3n) is 4.92. The summed E-state index contributed by atoms with van der Waals surface area (Å²) >= 11 is 0. The molecule has 1 fully saturated rings. The highest BCUT2D eigenvalue weighted by Gasteiger charge is 2.22. The van der Waals surface area contributed by atoms with Gasteiger partial charge in [-0.25, -0.2) is 0 Å². The van der Waals surface area contributed by atoms with Crippen LogP contribution in [0.3, 0.4) is 0 Å². The molecule has 1 heterocycles. The van der Waals surface area contributed by atoms with Crippen LogP contribution >= 0.6 is 12.4 Å². The average molecular weight is 376 g/mol. The van der Waals surface area contributed by atoms with Crippen molar-refractivity contribution in [2.45, 2.75) is 25.3 Å². The first kappa shape index (κ1) is 20.2. The van der Waals surface area contributed by atoms with Gasteiger partial charge in [0.25, 0.3) is 0 Å². The molecule has 2 amide bonds. The summed E-state index contributed by atoms with van der Waals surface area (Å²) < 4.78 is 0. The highest BCUT2D eigenvalue weighted by atomic mass is 35.5. The zero-order valence-electron chi connectivity index (χ0n) is 15.0. The zero-order valence-corrected chi connectivity index (χ0v) is 15.8. The van der Waals surface area contributed by atoms with E-state index in [1.165, 1.54) is 0 Å². The number of carbonyl (C=O) groups excluding carboxylic acids is 2. The second-order valence-electron chi connectivity index (χ2n) is 6.58. The summed E-state index contributed by atoms with van der Waals surface area (Å²) in [5, 5.41) is 8.26. The number of likely N-dealkylation sites (N-methyl/N-ethyl adjacent to an activating group) is 1. The van der Waals surface area contributed by atoms with E-state index in [0.29, 0.717) is 0 Å². The maximum Gasteiger partial charge on any atom is 0.241 e. The smallest absolute Gasteiger partial charge is 0.241 e. The molecule has 2 N–H and O–H groups in total. The summed E-state index contributed by atoms with van der Waals surface area (Å²) in [6.07, 6.45) is 2.21. The molecular weight excluding hydrogens is 350 g/mol. The van der Waals surface area contributed by atoms with Crippen LogP contribution in [0.4, 0.5) is 0 Å². The van der Waals surface area contributed by atoms with Gasteiger partial charge >= 0.3 is 0 Å². The second-order valence-corrected chi connectivity index (χ2v) is 6.58. The molecule has 2 aromatic carbocycles. The van der Waals surface area contributed by atoms with Crippen LogP contribution in [-0.2, 0) is 16.0 Å². The SMILES string of the molecule is CN(C(=O)CNC(=O)Cc1cccc2ccccc12)C1CCNCC1.Cl. The van der Waals surface area contributed by atoms with Gasteiger partial charge in [0, 0.05) is 13.1 Å². The van der Waals surface area contributed by atoms with Crippen LogP contribution in [0.15, 0.2) is 42.5 Å². The first-order valence-electron chi connectivity index (χ1n) is 8.85. The van der Waals surface area contributed by atoms with Crippen molar-refractivity contribution in [2.75, 3.05) is 26.7 Å². The number of hydrogen-bond acceptors (Lipinski definition) is 3. The Morgan fingerprint density at radius 3 is 2.58 bits per heavy atom. The molecule has 0 saturated carbocycles. The molecule has 0 unspecified atom stereocenters. The number of nitrogens with one attached hydrogen (secondary N) is 2. The van der Waals surface area contributed by atoms with Crippen LogP contribution in [0.5, 0.6) is 0 Å². The van der Waals surface area contributed by atoms with Gasteiger partial charge in [0.2, 0.25) is 11.8 Å². The molecular formula is C20H26ClN3O2. The van der Waals surface area contributed by atoms with Gasteiger partial charge < -0.3 is 15.5 Å². The van der Waals surface area contributed by atoms with Crippen LogP contribution in [0, 0.1) is 0 Å². The highest BCUT2D eigenvalue weighted by Crippen LogP contribution is 2.18. The molecule has 0 spiro atoms. The topological polar surface area (TPSA) is 61.4 Å². The van der Waals surface area contributed by atoms with Crippen LogP contribution in [-0.4, -0.2) is 49.4 Å². The molecule has 1 aliphatic heterocycles. The second kappa shape index (κ2) is 9.55. The molecule has 0 atom stereocenters. The van der Waals surface area contributed by atoms with Crippen molar-refractivity contribution >= 4 is 35.0 Å². The minimum absolute atomic E-state index is 0. The Labute approximate surface area is 160 Å². The Kier molecular flexibility index (Phi) is 7.42. The third kappa shape index (κ3) is 4.96. The predicted octanol–water partition coefficient (Wildman–Crippen LogP) is 2.13. The van der Waals surface area contributed by atoms with Gasteiger partial charge in [-0.2, -0.15) is 0 Å². The molecule has 5 nitrogen and oxygen atoms in total. The molecule has 140 valence electrons. The number of amides is 2. The van der Waals surface area contributed by atoms with E-state index in [9.17, 15) is 9.59 Å². The van der Waals surface area contributed by atoms with Crippen molar-refractivity contribution in [1.29, 1.82) is 0 Å². The molecule has 0 aliphatic carbocycles. The summed E-state index contributed by atoms with van der Waals surface area (Å²) in [5.74, 6) is -0.151. The number of carbonyl (C=O) groups is 2. The lowest BCUT2D eigenvalue weighted by Gasteiger charge is -2.31. The first-order valence-corrected chi connectivity index (χ1v) is 8.85. The largest absolute Gasteiger partial charge is 0.347 e. The van der Waals surface area contributed by atoms with Crippen molar-refractivity contribution in [3.8, 4) is 0 Å². The lowest BCUT2D eigenvalue weighted by atomic mass is 10.0. The maximum atomic E-state index is 12.3. The van der Waals surface area contributed by atoms with E-state index in [1.807, 2.05) is 49.5 Å². The fourth-order valence-electron chi connectivity index (χ4n) is 3.38. The molecule has 0 radical (unpaired) electrons. The van der Waals surface area contributed by atoms with E-state index >= 15 is 0 Å². The molecule has 1 aliphatic rings. The number of hydrogen-bond donors (Lipinski definition) is 2. The molecule has 1 saturated heterocycles. The zero-order chi connectivity index (χ0) is 17.6. The number of rotatable bonds is 5. The van der Waals surface area contributed by atoms with E-state index in [4.69, 9.17) is 0 Å². The van der Waals surface area contributed by atoms with Crippen molar-refractivity contribution in [1.82, 2.24) is 15.5 Å². The standard InChI is InChI=1S/C20H25N3O2.ClH/c1-23(17-9-11-21-12-10-17)20(25)14-22-19(24)13-16-7-4-6-15-5-2-3-8-18(15)16;/h2-8,17,21H,9-14H2,1H3,(H,22,24);1H. The van der Waals surface area contributed by atoms with Crippen molar-refractivity contribution < 1.29 is 9.59 Å². The number of halogens is 1. The van der Waals surface area contributed by atoms with Gasteiger partial charge in [-0.1, -0.05) is 42.5 Å². The maximum absolute atomic E-state index is 12.3. The molecule has 26 heavy (non-hydrogen) atoms. The predicted molar refractivity (Wildman–Crippen MR) is 107 cm³/mol. The Morgan fingerprint density at radius 1 is 1.12 bits per heavy atom. The van der Waals surface area contributed by atoms with E-state index in [2.05, 4.69) is 10.6 Å². The number of fused-ring (bicyclic) bond motifs is 1. The van der Waals surface area contributed by atoms with Crippen molar-refractivity contribution in [3.63, 3.8) is 0 Å². The van der Waals surface area contributed by atoms with Crippen LogP contribution < -0.4 is 10.6 Å². The average Bonchev–Trinajstić information content (AvgIpc) is 2.66. The Hall–Kier alpha value is -2.11. The van der Waals surface area contributed by atoms with Crippen LogP contribution in [0.1, 0.15) is 18.4 Å². The van der Waals surface area contributed by atoms with Gasteiger partial charge in [-0.15, -0.1) is 12.4 Å². The number of piperidine rings is 1. The summed E-state index contributed by atoms with van der Waals surface area (Å²) in [6.45, 7) is 1.94. The third-order valence-corrected chi connectivity index (χ3v) is 4.92. The fraction of sp³-hybridized carbons (Fsp3) is 0.400. The van der Waals surface area contributed by atoms with Gasteiger partial charge in [0.15, 0.2) is 0 Å². The van der Waals surface area contributed by atoms with Gasteiger partial charge in [-0.05, 0) is 42.3 Å². The van der Waals surface area contributed by atoms with Gasteiger partial charge in [0.1, 0.15) is 0 Å². The lowest BCUT2D eigenvalue weighted by Crippen LogP contribution is -2.47. The van der Waals surface area contributed by atoms with E-state index < -0.39 is 0 Å². The van der Waals surface area contributed by atoms with Crippen LogP contribution in [0.25, 0.3) is 10.8 Å². The lowest BCUT2D eigenvalue weighted by molar-refractivity contribution is -0.133. The van der Waals surface area contributed by atoms with Gasteiger partial charge in [-0.3, -0.25) is 9.59 Å². The summed E-state index contributed by atoms with van der Waals surface area (Å²) in [6, 6.07) is 14.2. The molecule has 0 bridgehead atoms. The first-order chi connectivity index (χ1) is 12.1. The fourth-order valence-corrected chi connectivity index (χ4v) is 3.38. The Balaban J connectivity index is 0.00000243. The molecule has 0 aromatic heterocycles. The highest BCUT2D eigenvalue weighted by molar-refractivity contribution is 5.91. The minimum Gasteiger partial charge on any atom is -0.347 e. The molecule has 6 heteroatoms. The minimum atomic E-state index is -0.122. The van der Waals surface area contributed by atoms with Crippen molar-refractivity contribution in [2.24, 2.45) is 0 Å². The molecule has 3 rings (SSSR count). The Bertz CT molecular complexity index is 754. The molecule has 2 aromatic rings. The normalized spacial score (nSPS) is 14.5. The Morgan fingerprint density at radius 2 is 1.81 bits per heavy atom. The van der Waals surface area contributed by atoms with Gasteiger partial charge in [0.05, 0.1) is 13.0 Å². The van der Waals surface area contributed by atoms with Crippen LogP contribution in [0.2, 0.25) is 0 Å². The van der Waals surface area contributed by atoms with Crippen molar-refractivity contribution in [3.05, 3.63) is 48.0 Å².